The van der Waals surface area contributed by atoms with Gasteiger partial charge in [-0.2, -0.15) is 0 Å². The monoisotopic (exact) mass is 333 g/mol. The van der Waals surface area contributed by atoms with Crippen LogP contribution in [0.4, 0.5) is 10.1 Å². The van der Waals surface area contributed by atoms with Crippen molar-refractivity contribution in [3.63, 3.8) is 0 Å². The summed E-state index contributed by atoms with van der Waals surface area (Å²) in [5.74, 6) is -0.196. The summed E-state index contributed by atoms with van der Waals surface area (Å²) < 4.78 is 13.0. The molecule has 1 unspecified atom stereocenters. The van der Waals surface area contributed by atoms with Crippen molar-refractivity contribution in [1.29, 1.82) is 0 Å². The summed E-state index contributed by atoms with van der Waals surface area (Å²) in [7, 11) is 0. The fourth-order valence-electron chi connectivity index (χ4n) is 3.12. The smallest absolute Gasteiger partial charge is 0.123 e. The van der Waals surface area contributed by atoms with E-state index >= 15 is 0 Å². The quantitative estimate of drug-likeness (QED) is 0.931. The molecule has 5 heteroatoms. The van der Waals surface area contributed by atoms with E-state index in [2.05, 4.69) is 9.80 Å². The zero-order valence-electron chi connectivity index (χ0n) is 13.0. The van der Waals surface area contributed by atoms with Crippen LogP contribution < -0.4 is 10.6 Å². The minimum Gasteiger partial charge on any atom is -0.369 e. The lowest BCUT2D eigenvalue weighted by molar-refractivity contribution is 0.190. The Morgan fingerprint density at radius 2 is 1.57 bits per heavy atom. The zero-order chi connectivity index (χ0) is 16.2. The van der Waals surface area contributed by atoms with Crippen LogP contribution in [-0.4, -0.2) is 37.6 Å². The van der Waals surface area contributed by atoms with Gasteiger partial charge in [-0.25, -0.2) is 4.39 Å². The molecule has 0 aliphatic carbocycles. The predicted octanol–water partition coefficient (Wildman–Crippen LogP) is 3.30. The van der Waals surface area contributed by atoms with Crippen LogP contribution in [0.5, 0.6) is 0 Å². The lowest BCUT2D eigenvalue weighted by Crippen LogP contribution is -2.49. The first-order valence-corrected chi connectivity index (χ1v) is 8.25. The highest BCUT2D eigenvalue weighted by atomic mass is 35.5. The molecule has 0 bridgehead atoms. The third kappa shape index (κ3) is 3.83. The van der Waals surface area contributed by atoms with Gasteiger partial charge in [0.15, 0.2) is 0 Å². The second kappa shape index (κ2) is 7.30. The first-order chi connectivity index (χ1) is 11.2. The van der Waals surface area contributed by atoms with E-state index in [0.29, 0.717) is 6.54 Å². The first kappa shape index (κ1) is 16.2. The Balaban J connectivity index is 1.65. The first-order valence-electron chi connectivity index (χ1n) is 7.87. The standard InChI is InChI=1S/C18H21ClFN3/c19-15-3-1-14(2-4-15)18(13-21)23-11-9-22(10-12-23)17-7-5-16(20)6-8-17/h1-8,18H,9-13,21H2. The topological polar surface area (TPSA) is 32.5 Å². The molecule has 1 heterocycles. The number of nitrogens with two attached hydrogens (primary N) is 1. The van der Waals surface area contributed by atoms with Crippen molar-refractivity contribution in [3.05, 3.63) is 64.9 Å². The van der Waals surface area contributed by atoms with Crippen molar-refractivity contribution in [3.8, 4) is 0 Å². The fraction of sp³-hybridized carbons (Fsp3) is 0.333. The molecule has 1 fully saturated rings. The summed E-state index contributed by atoms with van der Waals surface area (Å²) in [6.07, 6.45) is 0. The number of halogens is 2. The molecule has 2 aromatic rings. The van der Waals surface area contributed by atoms with Crippen LogP contribution in [-0.2, 0) is 0 Å². The van der Waals surface area contributed by atoms with E-state index in [1.807, 2.05) is 36.4 Å². The Labute approximate surface area is 141 Å². The number of anilines is 1. The van der Waals surface area contributed by atoms with Crippen LogP contribution in [0.3, 0.4) is 0 Å². The number of hydrogen-bond acceptors (Lipinski definition) is 3. The number of hydrogen-bond donors (Lipinski definition) is 1. The summed E-state index contributed by atoms with van der Waals surface area (Å²) in [4.78, 5) is 4.69. The molecule has 1 aliphatic rings. The van der Waals surface area contributed by atoms with E-state index in [1.54, 1.807) is 0 Å². The van der Waals surface area contributed by atoms with Gasteiger partial charge in [0.2, 0.25) is 0 Å². The van der Waals surface area contributed by atoms with E-state index in [9.17, 15) is 4.39 Å². The van der Waals surface area contributed by atoms with Gasteiger partial charge in [0.05, 0.1) is 0 Å². The largest absolute Gasteiger partial charge is 0.369 e. The molecule has 0 spiro atoms. The van der Waals surface area contributed by atoms with E-state index in [-0.39, 0.29) is 11.9 Å². The Hall–Kier alpha value is -1.62. The molecular formula is C18H21ClFN3. The van der Waals surface area contributed by atoms with E-state index in [4.69, 9.17) is 17.3 Å². The predicted molar refractivity (Wildman–Crippen MR) is 93.4 cm³/mol. The Morgan fingerprint density at radius 3 is 2.13 bits per heavy atom. The summed E-state index contributed by atoms with van der Waals surface area (Å²) in [6, 6.07) is 14.8. The van der Waals surface area contributed by atoms with Crippen LogP contribution >= 0.6 is 11.6 Å². The molecule has 23 heavy (non-hydrogen) atoms. The average Bonchev–Trinajstić information content (AvgIpc) is 2.59. The summed E-state index contributed by atoms with van der Waals surface area (Å²) >= 11 is 5.97. The van der Waals surface area contributed by atoms with E-state index in [0.717, 1.165) is 36.9 Å². The second-order valence-corrected chi connectivity index (χ2v) is 6.24. The van der Waals surface area contributed by atoms with Gasteiger partial charge < -0.3 is 10.6 Å². The molecule has 0 aromatic heterocycles. The van der Waals surface area contributed by atoms with Gasteiger partial charge in [0.1, 0.15) is 5.82 Å². The molecule has 1 saturated heterocycles. The van der Waals surface area contributed by atoms with Crippen LogP contribution in [0, 0.1) is 5.82 Å². The van der Waals surface area contributed by atoms with E-state index < -0.39 is 0 Å². The minimum atomic E-state index is -0.196. The Morgan fingerprint density at radius 1 is 0.957 bits per heavy atom. The van der Waals surface area contributed by atoms with Gasteiger partial charge in [-0.15, -0.1) is 0 Å². The highest BCUT2D eigenvalue weighted by Crippen LogP contribution is 2.24. The lowest BCUT2D eigenvalue weighted by Gasteiger charge is -2.40. The molecule has 0 radical (unpaired) electrons. The number of nitrogens with zero attached hydrogens (tertiary/aromatic N) is 2. The molecule has 1 atom stereocenters. The second-order valence-electron chi connectivity index (χ2n) is 5.80. The Bertz CT molecular complexity index is 622. The van der Waals surface area contributed by atoms with Gasteiger partial charge in [0.25, 0.3) is 0 Å². The van der Waals surface area contributed by atoms with Crippen molar-refractivity contribution >= 4 is 17.3 Å². The minimum absolute atomic E-state index is 0.196. The molecule has 3 nitrogen and oxygen atoms in total. The average molecular weight is 334 g/mol. The Kier molecular flexibility index (Phi) is 5.16. The summed E-state index contributed by atoms with van der Waals surface area (Å²) in [6.45, 7) is 4.27. The molecule has 2 aromatic carbocycles. The molecule has 0 saturated carbocycles. The van der Waals surface area contributed by atoms with Crippen molar-refractivity contribution in [1.82, 2.24) is 4.90 Å². The maximum atomic E-state index is 13.0. The van der Waals surface area contributed by atoms with Crippen molar-refractivity contribution < 1.29 is 4.39 Å². The van der Waals surface area contributed by atoms with Crippen LogP contribution in [0.1, 0.15) is 11.6 Å². The van der Waals surface area contributed by atoms with E-state index in [1.165, 1.54) is 17.7 Å². The van der Waals surface area contributed by atoms with Gasteiger partial charge in [0, 0.05) is 49.5 Å². The summed E-state index contributed by atoms with van der Waals surface area (Å²) in [5, 5.41) is 0.741. The molecule has 0 amide bonds. The van der Waals surface area contributed by atoms with Gasteiger partial charge in [-0.1, -0.05) is 23.7 Å². The van der Waals surface area contributed by atoms with Crippen LogP contribution in [0.2, 0.25) is 5.02 Å². The van der Waals surface area contributed by atoms with Gasteiger partial charge in [-0.05, 0) is 42.0 Å². The van der Waals surface area contributed by atoms with Gasteiger partial charge in [-0.3, -0.25) is 4.90 Å². The molecular weight excluding hydrogens is 313 g/mol. The van der Waals surface area contributed by atoms with Crippen molar-refractivity contribution in [2.45, 2.75) is 6.04 Å². The maximum absolute atomic E-state index is 13.0. The third-order valence-electron chi connectivity index (χ3n) is 4.42. The highest BCUT2D eigenvalue weighted by Gasteiger charge is 2.24. The van der Waals surface area contributed by atoms with Crippen molar-refractivity contribution in [2.75, 3.05) is 37.6 Å². The summed E-state index contributed by atoms with van der Waals surface area (Å²) in [5.41, 5.74) is 8.28. The third-order valence-corrected chi connectivity index (χ3v) is 4.68. The normalized spacial score (nSPS) is 17.3. The lowest BCUT2D eigenvalue weighted by atomic mass is 10.0. The molecule has 122 valence electrons. The number of piperazine rings is 1. The molecule has 3 rings (SSSR count). The maximum Gasteiger partial charge on any atom is 0.123 e. The zero-order valence-corrected chi connectivity index (χ0v) is 13.7. The number of rotatable bonds is 4. The van der Waals surface area contributed by atoms with Crippen LogP contribution in [0.15, 0.2) is 48.5 Å². The molecule has 2 N–H and O–H groups in total. The fourth-order valence-corrected chi connectivity index (χ4v) is 3.25. The number of benzene rings is 2. The van der Waals surface area contributed by atoms with Crippen LogP contribution in [0.25, 0.3) is 0 Å². The highest BCUT2D eigenvalue weighted by molar-refractivity contribution is 6.30. The van der Waals surface area contributed by atoms with Crippen molar-refractivity contribution in [2.24, 2.45) is 5.73 Å². The van der Waals surface area contributed by atoms with Gasteiger partial charge >= 0.3 is 0 Å². The molecule has 1 aliphatic heterocycles. The SMILES string of the molecule is NCC(c1ccc(Cl)cc1)N1CCN(c2ccc(F)cc2)CC1.